The minimum Gasteiger partial charge on any atom is -0.465 e. The molecule has 2 rings (SSSR count). The molecule has 1 aliphatic rings. The minimum atomic E-state index is -3.73. The van der Waals surface area contributed by atoms with Crippen molar-refractivity contribution in [1.82, 2.24) is 4.31 Å². The maximum absolute atomic E-state index is 12.6. The summed E-state index contributed by atoms with van der Waals surface area (Å²) in [7, 11) is -2.51. The van der Waals surface area contributed by atoms with Crippen LogP contribution in [0.15, 0.2) is 23.1 Å². The van der Waals surface area contributed by atoms with Gasteiger partial charge in [-0.25, -0.2) is 13.2 Å². The van der Waals surface area contributed by atoms with Crippen molar-refractivity contribution in [2.24, 2.45) is 5.92 Å². The van der Waals surface area contributed by atoms with Crippen LogP contribution >= 0.6 is 0 Å². The van der Waals surface area contributed by atoms with E-state index in [4.69, 9.17) is 5.73 Å². The number of benzene rings is 1. The van der Waals surface area contributed by atoms with Crippen molar-refractivity contribution in [2.75, 3.05) is 25.9 Å². The van der Waals surface area contributed by atoms with Crippen molar-refractivity contribution in [1.29, 1.82) is 0 Å². The summed E-state index contributed by atoms with van der Waals surface area (Å²) in [6.45, 7) is 2.91. The van der Waals surface area contributed by atoms with Crippen LogP contribution in [0.2, 0.25) is 0 Å². The summed E-state index contributed by atoms with van der Waals surface area (Å²) in [5.74, 6) is -0.372. The lowest BCUT2D eigenvalue weighted by Crippen LogP contribution is -2.30. The van der Waals surface area contributed by atoms with Crippen molar-refractivity contribution in [3.63, 3.8) is 0 Å². The first-order chi connectivity index (χ1) is 9.36. The van der Waals surface area contributed by atoms with E-state index in [0.717, 1.165) is 6.42 Å². The van der Waals surface area contributed by atoms with Gasteiger partial charge in [-0.05, 0) is 30.5 Å². The number of nitrogens with two attached hydrogens (primary N) is 1. The molecule has 0 bridgehead atoms. The molecule has 1 saturated heterocycles. The minimum absolute atomic E-state index is 0.0150. The van der Waals surface area contributed by atoms with Gasteiger partial charge >= 0.3 is 5.97 Å². The van der Waals surface area contributed by atoms with Crippen LogP contribution in [0.3, 0.4) is 0 Å². The molecule has 0 amide bonds. The van der Waals surface area contributed by atoms with E-state index < -0.39 is 16.0 Å². The van der Waals surface area contributed by atoms with Crippen LogP contribution in [0.1, 0.15) is 23.7 Å². The van der Waals surface area contributed by atoms with Crippen molar-refractivity contribution in [3.8, 4) is 0 Å². The summed E-state index contributed by atoms with van der Waals surface area (Å²) < 4.78 is 31.3. The smallest absolute Gasteiger partial charge is 0.339 e. The summed E-state index contributed by atoms with van der Waals surface area (Å²) in [5.41, 5.74) is 5.97. The molecule has 0 saturated carbocycles. The second kappa shape index (κ2) is 5.41. The number of anilines is 1. The fourth-order valence-corrected chi connectivity index (χ4v) is 4.07. The van der Waals surface area contributed by atoms with Crippen LogP contribution in [0.5, 0.6) is 0 Å². The van der Waals surface area contributed by atoms with E-state index in [0.29, 0.717) is 24.7 Å². The molecule has 1 fully saturated rings. The van der Waals surface area contributed by atoms with E-state index in [9.17, 15) is 13.2 Å². The molecule has 0 aliphatic carbocycles. The van der Waals surface area contributed by atoms with Crippen LogP contribution in [0.4, 0.5) is 5.69 Å². The Hall–Kier alpha value is -1.60. The van der Waals surface area contributed by atoms with Gasteiger partial charge in [0.15, 0.2) is 0 Å². The quantitative estimate of drug-likeness (QED) is 0.666. The van der Waals surface area contributed by atoms with Crippen LogP contribution in [-0.4, -0.2) is 38.9 Å². The fraction of sp³-hybridized carbons (Fsp3) is 0.462. The van der Waals surface area contributed by atoms with Gasteiger partial charge in [-0.15, -0.1) is 0 Å². The SMILES string of the molecule is COC(=O)c1ccc(N)cc1S(=O)(=O)N1CCC(C)C1. The second-order valence-corrected chi connectivity index (χ2v) is 6.91. The number of nitrogens with zero attached hydrogens (tertiary/aromatic N) is 1. The molecule has 6 nitrogen and oxygen atoms in total. The average molecular weight is 298 g/mol. The highest BCUT2D eigenvalue weighted by Gasteiger charge is 2.33. The number of sulfonamides is 1. The summed E-state index contributed by atoms with van der Waals surface area (Å²) in [4.78, 5) is 11.6. The maximum Gasteiger partial charge on any atom is 0.339 e. The Bertz CT molecular complexity index is 627. The van der Waals surface area contributed by atoms with Gasteiger partial charge in [0, 0.05) is 18.8 Å². The van der Waals surface area contributed by atoms with Gasteiger partial charge < -0.3 is 10.5 Å². The number of esters is 1. The first kappa shape index (κ1) is 14.8. The zero-order chi connectivity index (χ0) is 14.9. The first-order valence-electron chi connectivity index (χ1n) is 6.34. The molecule has 1 atom stereocenters. The number of methoxy groups -OCH3 is 1. The largest absolute Gasteiger partial charge is 0.465 e. The lowest BCUT2D eigenvalue weighted by atomic mass is 10.2. The summed E-state index contributed by atoms with van der Waals surface area (Å²) in [5, 5.41) is 0. The Balaban J connectivity index is 2.50. The number of rotatable bonds is 3. The van der Waals surface area contributed by atoms with Crippen molar-refractivity contribution < 1.29 is 17.9 Å². The number of hydrogen-bond donors (Lipinski definition) is 1. The van der Waals surface area contributed by atoms with Crippen LogP contribution < -0.4 is 5.73 Å². The van der Waals surface area contributed by atoms with Gasteiger partial charge in [0.1, 0.15) is 0 Å². The summed E-state index contributed by atoms with van der Waals surface area (Å²) in [6, 6.07) is 4.18. The lowest BCUT2D eigenvalue weighted by Gasteiger charge is -2.18. The average Bonchev–Trinajstić information content (AvgIpc) is 2.85. The molecule has 1 unspecified atom stereocenters. The number of carbonyl (C=O) groups excluding carboxylic acids is 1. The third kappa shape index (κ3) is 2.64. The predicted octanol–water partition coefficient (Wildman–Crippen LogP) is 1.09. The number of nitrogen functional groups attached to an aromatic ring is 1. The van der Waals surface area contributed by atoms with Gasteiger partial charge in [0.25, 0.3) is 0 Å². The summed E-state index contributed by atoms with van der Waals surface area (Å²) >= 11 is 0. The van der Waals surface area contributed by atoms with E-state index in [1.165, 1.54) is 29.6 Å². The Kier molecular flexibility index (Phi) is 4.01. The van der Waals surface area contributed by atoms with Crippen LogP contribution in [0.25, 0.3) is 0 Å². The first-order valence-corrected chi connectivity index (χ1v) is 7.78. The van der Waals surface area contributed by atoms with Crippen LogP contribution in [0, 0.1) is 5.92 Å². The van der Waals surface area contributed by atoms with Crippen molar-refractivity contribution in [3.05, 3.63) is 23.8 Å². The highest BCUT2D eigenvalue weighted by atomic mass is 32.2. The number of hydrogen-bond acceptors (Lipinski definition) is 5. The Morgan fingerprint density at radius 1 is 1.45 bits per heavy atom. The van der Waals surface area contributed by atoms with Gasteiger partial charge in [-0.1, -0.05) is 6.92 Å². The molecule has 1 aliphatic heterocycles. The molecule has 0 spiro atoms. The molecule has 1 heterocycles. The molecular formula is C13H18N2O4S. The molecule has 1 aromatic carbocycles. The normalized spacial score (nSPS) is 20.0. The third-order valence-corrected chi connectivity index (χ3v) is 5.32. The number of ether oxygens (including phenoxy) is 1. The lowest BCUT2D eigenvalue weighted by molar-refractivity contribution is 0.0596. The molecule has 7 heteroatoms. The third-order valence-electron chi connectivity index (χ3n) is 3.42. The van der Waals surface area contributed by atoms with Crippen LogP contribution in [-0.2, 0) is 14.8 Å². The molecule has 1 aromatic rings. The van der Waals surface area contributed by atoms with E-state index in [1.54, 1.807) is 0 Å². The molecule has 20 heavy (non-hydrogen) atoms. The van der Waals surface area contributed by atoms with Crippen molar-refractivity contribution in [2.45, 2.75) is 18.2 Å². The highest BCUT2D eigenvalue weighted by molar-refractivity contribution is 7.89. The highest BCUT2D eigenvalue weighted by Crippen LogP contribution is 2.28. The van der Waals surface area contributed by atoms with E-state index in [-0.39, 0.29) is 10.5 Å². The Labute approximate surface area is 118 Å². The monoisotopic (exact) mass is 298 g/mol. The molecule has 0 aromatic heterocycles. The van der Waals surface area contributed by atoms with Gasteiger partial charge in [0.05, 0.1) is 17.6 Å². The predicted molar refractivity (Wildman–Crippen MR) is 74.7 cm³/mol. The maximum atomic E-state index is 12.6. The van der Waals surface area contributed by atoms with Gasteiger partial charge in [-0.3, -0.25) is 0 Å². The van der Waals surface area contributed by atoms with E-state index in [2.05, 4.69) is 4.74 Å². The van der Waals surface area contributed by atoms with E-state index >= 15 is 0 Å². The Morgan fingerprint density at radius 3 is 2.70 bits per heavy atom. The number of carbonyl (C=O) groups is 1. The van der Waals surface area contributed by atoms with E-state index in [1.807, 2.05) is 6.92 Å². The zero-order valence-electron chi connectivity index (χ0n) is 11.5. The molecule has 110 valence electrons. The fourth-order valence-electron chi connectivity index (χ4n) is 2.28. The molecule has 2 N–H and O–H groups in total. The van der Waals surface area contributed by atoms with Gasteiger partial charge in [-0.2, -0.15) is 4.31 Å². The zero-order valence-corrected chi connectivity index (χ0v) is 12.3. The Morgan fingerprint density at radius 2 is 2.15 bits per heavy atom. The molecular weight excluding hydrogens is 280 g/mol. The van der Waals surface area contributed by atoms with Gasteiger partial charge in [0.2, 0.25) is 10.0 Å². The summed E-state index contributed by atoms with van der Waals surface area (Å²) in [6.07, 6.45) is 0.815. The van der Waals surface area contributed by atoms with Crippen molar-refractivity contribution >= 4 is 21.7 Å². The topological polar surface area (TPSA) is 89.7 Å². The standard InChI is InChI=1S/C13H18N2O4S/c1-9-5-6-15(8-9)20(17,18)12-7-10(14)3-4-11(12)13(16)19-2/h3-4,7,9H,5-6,8,14H2,1-2H3. The molecule has 0 radical (unpaired) electrons. The second-order valence-electron chi connectivity index (χ2n) is 5.00.